The van der Waals surface area contributed by atoms with Gasteiger partial charge in [-0.3, -0.25) is 4.90 Å². The highest BCUT2D eigenvalue weighted by atomic mass is 32.1. The Hall–Kier alpha value is -3.44. The predicted octanol–water partition coefficient (Wildman–Crippen LogP) is 5.46. The molecule has 0 atom stereocenters. The number of fused-ring (bicyclic) bond motifs is 1. The molecule has 39 heavy (non-hydrogen) atoms. The first-order valence-corrected chi connectivity index (χ1v) is 12.8. The van der Waals surface area contributed by atoms with Gasteiger partial charge in [-0.2, -0.15) is 31.4 Å². The van der Waals surface area contributed by atoms with Crippen LogP contribution in [0.3, 0.4) is 0 Å². The van der Waals surface area contributed by atoms with Gasteiger partial charge in [0.25, 0.3) is 0 Å². The van der Waals surface area contributed by atoms with Gasteiger partial charge in [-0.25, -0.2) is 19.3 Å². The van der Waals surface area contributed by atoms with Crippen LogP contribution in [-0.4, -0.2) is 72.2 Å². The molecule has 212 valence electrons. The zero-order chi connectivity index (χ0) is 28.8. The van der Waals surface area contributed by atoms with E-state index in [9.17, 15) is 26.3 Å². The van der Waals surface area contributed by atoms with E-state index in [1.807, 2.05) is 10.9 Å². The van der Waals surface area contributed by atoms with E-state index in [-0.39, 0.29) is 0 Å². The van der Waals surface area contributed by atoms with Crippen molar-refractivity contribution >= 4 is 45.8 Å². The van der Waals surface area contributed by atoms with Crippen LogP contribution < -0.4 is 0 Å². The van der Waals surface area contributed by atoms with Crippen LogP contribution in [0.25, 0.3) is 21.9 Å². The number of aliphatic carboxylic acids is 2. The number of imidazole rings is 1. The van der Waals surface area contributed by atoms with Gasteiger partial charge in [-0.05, 0) is 54.4 Å². The molecule has 4 aromatic rings. The number of hydrogen-bond acceptors (Lipinski definition) is 7. The number of H-pyrrole nitrogens is 1. The second-order valence-corrected chi connectivity index (χ2v) is 10.1. The molecular formula is C22H21F6N5O4S2. The van der Waals surface area contributed by atoms with Gasteiger partial charge in [0.05, 0.1) is 17.6 Å². The van der Waals surface area contributed by atoms with Crippen LogP contribution in [0.2, 0.25) is 0 Å². The number of carboxylic acids is 2. The van der Waals surface area contributed by atoms with E-state index in [0.29, 0.717) is 0 Å². The topological polar surface area (TPSA) is 124 Å². The summed E-state index contributed by atoms with van der Waals surface area (Å²) in [6.07, 6.45) is -5.62. The van der Waals surface area contributed by atoms with E-state index in [4.69, 9.17) is 24.8 Å². The van der Waals surface area contributed by atoms with Gasteiger partial charge in [0.1, 0.15) is 5.52 Å². The van der Waals surface area contributed by atoms with Crippen LogP contribution in [0, 0.1) is 0 Å². The average molecular weight is 598 g/mol. The Morgan fingerprint density at radius 2 is 1.62 bits per heavy atom. The predicted molar refractivity (Wildman–Crippen MR) is 131 cm³/mol. The zero-order valence-electron chi connectivity index (χ0n) is 19.8. The third-order valence-corrected chi connectivity index (χ3v) is 6.99. The standard InChI is InChI=1S/C18H19N5S2.2C2HF3O2/c1-2-6-22(5-1)10-13-8-16(25-12-13)17-20-15-9-19-23(18(15)21-17)11-14-4-3-7-24-14;2*3-2(4,5)1(6)7/h3-4,7-9,12H,1-2,5-6,10-11H2,(H,20,21);2*(H,6,7). The summed E-state index contributed by atoms with van der Waals surface area (Å²) in [5.74, 6) is -4.56. The van der Waals surface area contributed by atoms with Crippen LogP contribution in [-0.2, 0) is 22.7 Å². The van der Waals surface area contributed by atoms with Gasteiger partial charge >= 0.3 is 24.3 Å². The maximum Gasteiger partial charge on any atom is 0.490 e. The number of rotatable bonds is 5. The highest BCUT2D eigenvalue weighted by Gasteiger charge is 2.38. The summed E-state index contributed by atoms with van der Waals surface area (Å²) >= 11 is 3.52. The van der Waals surface area contributed by atoms with Crippen LogP contribution in [0.15, 0.2) is 35.2 Å². The molecule has 17 heteroatoms. The molecule has 0 aliphatic carbocycles. The fraction of sp³-hybridized carbons (Fsp3) is 0.364. The van der Waals surface area contributed by atoms with E-state index in [1.165, 1.54) is 41.2 Å². The number of carbonyl (C=O) groups is 2. The number of nitrogens with one attached hydrogen (secondary N) is 1. The lowest BCUT2D eigenvalue weighted by molar-refractivity contribution is -0.193. The molecule has 0 bridgehead atoms. The lowest BCUT2D eigenvalue weighted by Crippen LogP contribution is -2.21. The highest BCUT2D eigenvalue weighted by Crippen LogP contribution is 2.28. The molecule has 0 spiro atoms. The van der Waals surface area contributed by atoms with Gasteiger partial charge in [0, 0.05) is 11.4 Å². The van der Waals surface area contributed by atoms with E-state index in [1.54, 1.807) is 22.7 Å². The number of likely N-dealkylation sites (tertiary alicyclic amines) is 1. The summed E-state index contributed by atoms with van der Waals surface area (Å²) in [5.41, 5.74) is 3.32. The van der Waals surface area contributed by atoms with Crippen LogP contribution in [0.5, 0.6) is 0 Å². The van der Waals surface area contributed by atoms with Crippen molar-refractivity contribution in [3.05, 3.63) is 45.6 Å². The quantitative estimate of drug-likeness (QED) is 0.261. The molecule has 1 aliphatic heterocycles. The van der Waals surface area contributed by atoms with Crippen LogP contribution in [0.4, 0.5) is 26.3 Å². The minimum atomic E-state index is -5.08. The normalized spacial score (nSPS) is 14.0. The number of alkyl halides is 6. The Morgan fingerprint density at radius 3 is 2.15 bits per heavy atom. The van der Waals surface area contributed by atoms with E-state index >= 15 is 0 Å². The molecule has 0 amide bonds. The number of hydrogen-bond donors (Lipinski definition) is 3. The van der Waals surface area contributed by atoms with Crippen LogP contribution in [0.1, 0.15) is 23.3 Å². The minimum Gasteiger partial charge on any atom is -0.475 e. The van der Waals surface area contributed by atoms with E-state index in [0.717, 1.165) is 30.1 Å². The van der Waals surface area contributed by atoms with Crippen molar-refractivity contribution < 1.29 is 46.1 Å². The Balaban J connectivity index is 0.000000251. The molecule has 1 fully saturated rings. The summed E-state index contributed by atoms with van der Waals surface area (Å²) in [5, 5.41) is 23.1. The molecular weight excluding hydrogens is 576 g/mol. The summed E-state index contributed by atoms with van der Waals surface area (Å²) in [4.78, 5) is 31.1. The number of aromatic nitrogens is 4. The average Bonchev–Trinajstić information content (AvgIpc) is 3.65. The molecule has 5 heterocycles. The molecule has 0 saturated carbocycles. The smallest absolute Gasteiger partial charge is 0.475 e. The molecule has 5 rings (SSSR count). The first kappa shape index (κ1) is 30.1. The lowest BCUT2D eigenvalue weighted by Gasteiger charge is -2.12. The molecule has 3 N–H and O–H groups in total. The van der Waals surface area contributed by atoms with Gasteiger partial charge in [0.15, 0.2) is 11.5 Å². The Bertz CT molecular complexity index is 1350. The Labute approximate surface area is 224 Å². The Kier molecular flexibility index (Phi) is 9.73. The minimum absolute atomic E-state index is 0.774. The van der Waals surface area contributed by atoms with E-state index < -0.39 is 24.3 Å². The van der Waals surface area contributed by atoms with Gasteiger partial charge in [-0.1, -0.05) is 6.07 Å². The summed E-state index contributed by atoms with van der Waals surface area (Å²) in [6, 6.07) is 6.48. The van der Waals surface area contributed by atoms with Crippen molar-refractivity contribution in [2.75, 3.05) is 13.1 Å². The first-order chi connectivity index (χ1) is 18.2. The second kappa shape index (κ2) is 12.6. The fourth-order valence-electron chi connectivity index (χ4n) is 3.41. The Morgan fingerprint density at radius 1 is 1.00 bits per heavy atom. The number of thiophene rings is 2. The monoisotopic (exact) mass is 597 g/mol. The molecule has 0 aromatic carbocycles. The van der Waals surface area contributed by atoms with Crippen molar-refractivity contribution in [1.29, 1.82) is 0 Å². The second-order valence-electron chi connectivity index (χ2n) is 8.11. The molecule has 9 nitrogen and oxygen atoms in total. The van der Waals surface area contributed by atoms with Crippen molar-refractivity contribution in [2.24, 2.45) is 0 Å². The van der Waals surface area contributed by atoms with Crippen LogP contribution >= 0.6 is 22.7 Å². The highest BCUT2D eigenvalue weighted by molar-refractivity contribution is 7.13. The summed E-state index contributed by atoms with van der Waals surface area (Å²) < 4.78 is 65.4. The molecule has 0 unspecified atom stereocenters. The largest absolute Gasteiger partial charge is 0.490 e. The van der Waals surface area contributed by atoms with Gasteiger partial charge in [0.2, 0.25) is 0 Å². The fourth-order valence-corrected chi connectivity index (χ4v) is 4.95. The summed E-state index contributed by atoms with van der Waals surface area (Å²) in [7, 11) is 0. The third kappa shape index (κ3) is 8.79. The first-order valence-electron chi connectivity index (χ1n) is 11.1. The van der Waals surface area contributed by atoms with Gasteiger partial charge < -0.3 is 15.2 Å². The van der Waals surface area contributed by atoms with Crippen molar-refractivity contribution in [3.63, 3.8) is 0 Å². The molecule has 1 aliphatic rings. The van der Waals surface area contributed by atoms with Crippen molar-refractivity contribution in [1.82, 2.24) is 24.6 Å². The third-order valence-electron chi connectivity index (χ3n) is 5.15. The molecule has 4 aromatic heterocycles. The lowest BCUT2D eigenvalue weighted by atomic mass is 10.3. The van der Waals surface area contributed by atoms with Crippen molar-refractivity contribution in [2.45, 2.75) is 38.3 Å². The molecule has 1 saturated heterocycles. The van der Waals surface area contributed by atoms with Gasteiger partial charge in [-0.15, -0.1) is 22.7 Å². The zero-order valence-corrected chi connectivity index (χ0v) is 21.4. The molecule has 0 radical (unpaired) electrons. The van der Waals surface area contributed by atoms with E-state index in [2.05, 4.69) is 43.9 Å². The summed E-state index contributed by atoms with van der Waals surface area (Å²) in [6.45, 7) is 4.29. The number of carboxylic acid groups (broad SMARTS) is 2. The maximum atomic E-state index is 10.6. The number of aromatic amines is 1. The van der Waals surface area contributed by atoms with Crippen molar-refractivity contribution in [3.8, 4) is 10.7 Å². The SMILES string of the molecule is O=C(O)C(F)(F)F.O=C(O)C(F)(F)F.c1csc(Cn2ncc3[nH]c(-c4cc(CN5CCCC5)cs4)nc32)c1. The maximum absolute atomic E-state index is 10.6. The number of nitrogens with zero attached hydrogens (tertiary/aromatic N) is 4. The number of halogens is 6.